The van der Waals surface area contributed by atoms with Gasteiger partial charge < -0.3 is 5.73 Å². The molecule has 0 amide bonds. The van der Waals surface area contributed by atoms with E-state index in [0.29, 0.717) is 0 Å². The lowest BCUT2D eigenvalue weighted by Crippen LogP contribution is -2.30. The quantitative estimate of drug-likeness (QED) is 0.735. The molecule has 0 bridgehead atoms. The number of hydrogen-bond donors (Lipinski definition) is 2. The molecule has 6 nitrogen and oxygen atoms in total. The van der Waals surface area contributed by atoms with E-state index < -0.39 is 19.9 Å². The van der Waals surface area contributed by atoms with Crippen molar-refractivity contribution in [2.75, 3.05) is 23.8 Å². The molecule has 0 saturated heterocycles. The number of nitrogens with two attached hydrogens (primary N) is 1. The van der Waals surface area contributed by atoms with Crippen LogP contribution in [0.1, 0.15) is 12.5 Å². The van der Waals surface area contributed by atoms with Crippen molar-refractivity contribution in [3.8, 4) is 0 Å². The number of benzene rings is 1. The molecule has 1 aromatic rings. The van der Waals surface area contributed by atoms with Crippen LogP contribution in [0.2, 0.25) is 0 Å². The maximum absolute atomic E-state index is 12.0. The van der Waals surface area contributed by atoms with Crippen molar-refractivity contribution < 1.29 is 16.8 Å². The van der Waals surface area contributed by atoms with E-state index in [1.807, 2.05) is 0 Å². The number of aryl methyl sites for hydroxylation is 1. The van der Waals surface area contributed by atoms with Gasteiger partial charge in [0.25, 0.3) is 0 Å². The molecule has 8 heteroatoms. The number of anilines is 1. The number of hydrogen-bond acceptors (Lipinski definition) is 5. The van der Waals surface area contributed by atoms with Gasteiger partial charge in [-0.1, -0.05) is 13.0 Å². The van der Waals surface area contributed by atoms with Crippen LogP contribution in [0.25, 0.3) is 0 Å². The fourth-order valence-corrected chi connectivity index (χ4v) is 3.44. The summed E-state index contributed by atoms with van der Waals surface area (Å²) in [5.41, 5.74) is 6.65. The second-order valence-corrected chi connectivity index (χ2v) is 8.38. The average molecular weight is 306 g/mol. The lowest BCUT2D eigenvalue weighted by atomic mass is 10.2. The van der Waals surface area contributed by atoms with E-state index in [1.54, 1.807) is 19.1 Å². The summed E-state index contributed by atoms with van der Waals surface area (Å²) in [6, 6.07) is 4.59. The zero-order valence-electron chi connectivity index (χ0n) is 10.9. The van der Waals surface area contributed by atoms with E-state index >= 15 is 0 Å². The predicted octanol–water partition coefficient (Wildman–Crippen LogP) is 0.290. The van der Waals surface area contributed by atoms with Crippen LogP contribution in [0.4, 0.5) is 5.69 Å². The molecule has 0 aliphatic heterocycles. The summed E-state index contributed by atoms with van der Waals surface area (Å²) in [7, 11) is -6.98. The number of rotatable bonds is 6. The minimum absolute atomic E-state index is 0.0125. The second-order valence-electron chi connectivity index (χ2n) is 4.18. The van der Waals surface area contributed by atoms with Crippen molar-refractivity contribution in [1.29, 1.82) is 0 Å². The van der Waals surface area contributed by atoms with Gasteiger partial charge in [-0.2, -0.15) is 0 Å². The largest absolute Gasteiger partial charge is 0.398 e. The lowest BCUT2D eigenvalue weighted by Gasteiger charge is -2.09. The molecule has 1 rings (SSSR count). The SMILES string of the molecule is CCS(=O)(=O)CCNS(=O)(=O)c1ccc(C)cc1N. The van der Waals surface area contributed by atoms with Crippen molar-refractivity contribution in [2.45, 2.75) is 18.7 Å². The smallest absolute Gasteiger partial charge is 0.242 e. The summed E-state index contributed by atoms with van der Waals surface area (Å²) in [5, 5.41) is 0. The van der Waals surface area contributed by atoms with E-state index in [4.69, 9.17) is 5.73 Å². The highest BCUT2D eigenvalue weighted by Gasteiger charge is 2.18. The van der Waals surface area contributed by atoms with Gasteiger partial charge in [0.2, 0.25) is 10.0 Å². The van der Waals surface area contributed by atoms with Gasteiger partial charge in [0.1, 0.15) is 4.90 Å². The highest BCUT2D eigenvalue weighted by Crippen LogP contribution is 2.18. The third kappa shape index (κ3) is 4.48. The Morgan fingerprint density at radius 3 is 2.37 bits per heavy atom. The second kappa shape index (κ2) is 5.89. The van der Waals surface area contributed by atoms with Crippen molar-refractivity contribution in [3.63, 3.8) is 0 Å². The summed E-state index contributed by atoms with van der Waals surface area (Å²) in [4.78, 5) is -0.0352. The Labute approximate surface area is 114 Å². The molecule has 0 aliphatic rings. The molecular formula is C11H18N2O4S2. The van der Waals surface area contributed by atoms with Crippen molar-refractivity contribution in [1.82, 2.24) is 4.72 Å². The Morgan fingerprint density at radius 2 is 1.84 bits per heavy atom. The molecule has 0 spiro atoms. The molecule has 0 radical (unpaired) electrons. The molecule has 108 valence electrons. The molecule has 0 fully saturated rings. The fourth-order valence-electron chi connectivity index (χ4n) is 1.47. The van der Waals surface area contributed by atoms with Crippen molar-refractivity contribution >= 4 is 25.5 Å². The average Bonchev–Trinajstić information content (AvgIpc) is 2.27. The Morgan fingerprint density at radius 1 is 1.21 bits per heavy atom. The molecule has 0 heterocycles. The lowest BCUT2D eigenvalue weighted by molar-refractivity contribution is 0.581. The highest BCUT2D eigenvalue weighted by molar-refractivity contribution is 7.91. The molecule has 0 aliphatic carbocycles. The van der Waals surface area contributed by atoms with Crippen LogP contribution in [0.3, 0.4) is 0 Å². The zero-order valence-corrected chi connectivity index (χ0v) is 12.5. The minimum atomic E-state index is -3.78. The predicted molar refractivity (Wildman–Crippen MR) is 75.1 cm³/mol. The van der Waals surface area contributed by atoms with Crippen LogP contribution in [0.5, 0.6) is 0 Å². The summed E-state index contributed by atoms with van der Waals surface area (Å²) >= 11 is 0. The summed E-state index contributed by atoms with van der Waals surface area (Å²) in [6.45, 7) is 3.15. The van der Waals surface area contributed by atoms with Crippen LogP contribution in [0.15, 0.2) is 23.1 Å². The standard InChI is InChI=1S/C11H18N2O4S2/c1-3-18(14,15)7-6-13-19(16,17)11-5-4-9(2)8-10(11)12/h4-5,8,13H,3,6-7,12H2,1-2H3. The van der Waals surface area contributed by atoms with Crippen LogP contribution in [0, 0.1) is 6.92 Å². The molecule has 3 N–H and O–H groups in total. The van der Waals surface area contributed by atoms with E-state index in [-0.39, 0.29) is 28.6 Å². The van der Waals surface area contributed by atoms with Gasteiger partial charge in [-0.25, -0.2) is 21.6 Å². The first-order valence-corrected chi connectivity index (χ1v) is 9.04. The zero-order chi connectivity index (χ0) is 14.7. The number of sulfone groups is 1. The van der Waals surface area contributed by atoms with Crippen molar-refractivity contribution in [2.24, 2.45) is 0 Å². The maximum atomic E-state index is 12.0. The number of nitrogen functional groups attached to an aromatic ring is 1. The van der Waals surface area contributed by atoms with Gasteiger partial charge in [-0.05, 0) is 24.6 Å². The Kier molecular flexibility index (Phi) is 4.94. The van der Waals surface area contributed by atoms with E-state index in [1.165, 1.54) is 13.0 Å². The van der Waals surface area contributed by atoms with E-state index in [9.17, 15) is 16.8 Å². The first kappa shape index (κ1) is 15.9. The molecule has 0 saturated carbocycles. The van der Waals surface area contributed by atoms with Gasteiger partial charge in [0, 0.05) is 12.3 Å². The summed E-state index contributed by atoms with van der Waals surface area (Å²) < 4.78 is 48.7. The van der Waals surface area contributed by atoms with E-state index in [2.05, 4.69) is 4.72 Å². The normalized spacial score (nSPS) is 12.5. The molecule has 1 aromatic carbocycles. The number of sulfonamides is 1. The molecule has 0 atom stereocenters. The van der Waals surface area contributed by atoms with Gasteiger partial charge in [0.15, 0.2) is 9.84 Å². The van der Waals surface area contributed by atoms with Crippen LogP contribution in [-0.4, -0.2) is 34.9 Å². The van der Waals surface area contributed by atoms with Crippen molar-refractivity contribution in [3.05, 3.63) is 23.8 Å². The molecule has 0 unspecified atom stereocenters. The fraction of sp³-hybridized carbons (Fsp3) is 0.455. The topological polar surface area (TPSA) is 106 Å². The molecular weight excluding hydrogens is 288 g/mol. The highest BCUT2D eigenvalue weighted by atomic mass is 32.2. The third-order valence-corrected chi connectivity index (χ3v) is 5.84. The summed E-state index contributed by atoms with van der Waals surface area (Å²) in [5.74, 6) is -0.240. The Balaban J connectivity index is 2.82. The van der Waals surface area contributed by atoms with Crippen LogP contribution >= 0.6 is 0 Å². The minimum Gasteiger partial charge on any atom is -0.398 e. The van der Waals surface area contributed by atoms with Gasteiger partial charge >= 0.3 is 0 Å². The third-order valence-electron chi connectivity index (χ3n) is 2.60. The van der Waals surface area contributed by atoms with Gasteiger partial charge in [-0.3, -0.25) is 0 Å². The number of nitrogens with one attached hydrogen (secondary N) is 1. The molecule has 19 heavy (non-hydrogen) atoms. The van der Waals surface area contributed by atoms with E-state index in [0.717, 1.165) is 5.56 Å². The van der Waals surface area contributed by atoms with Gasteiger partial charge in [-0.15, -0.1) is 0 Å². The van der Waals surface area contributed by atoms with Gasteiger partial charge in [0.05, 0.1) is 11.4 Å². The monoisotopic (exact) mass is 306 g/mol. The maximum Gasteiger partial charge on any atom is 0.242 e. The Hall–Kier alpha value is -1.12. The van der Waals surface area contributed by atoms with Crippen LogP contribution < -0.4 is 10.5 Å². The summed E-state index contributed by atoms with van der Waals surface area (Å²) in [6.07, 6.45) is 0. The first-order chi connectivity index (χ1) is 8.68. The molecule has 0 aromatic heterocycles. The first-order valence-electron chi connectivity index (χ1n) is 5.74. The van der Waals surface area contributed by atoms with Crippen LogP contribution in [-0.2, 0) is 19.9 Å². The Bertz CT molecular complexity index is 651.